The van der Waals surface area contributed by atoms with Crippen molar-refractivity contribution >= 4 is 40.6 Å². The maximum absolute atomic E-state index is 14.1. The highest BCUT2D eigenvalue weighted by atomic mass is 32.1. The van der Waals surface area contributed by atoms with Gasteiger partial charge in [-0.05, 0) is 46.9 Å². The molecule has 0 aliphatic carbocycles. The van der Waals surface area contributed by atoms with Crippen LogP contribution in [0.25, 0.3) is 0 Å². The molecule has 0 spiro atoms. The van der Waals surface area contributed by atoms with Crippen molar-refractivity contribution in [3.05, 3.63) is 101 Å². The maximum atomic E-state index is 14.1. The molecule has 0 aliphatic heterocycles. The number of aromatic nitrogens is 1. The van der Waals surface area contributed by atoms with Gasteiger partial charge in [-0.15, -0.1) is 0 Å². The van der Waals surface area contributed by atoms with Gasteiger partial charge in [0.1, 0.15) is 22.4 Å². The van der Waals surface area contributed by atoms with E-state index in [-0.39, 0.29) is 22.8 Å². The molecule has 1 atom stereocenters. The van der Waals surface area contributed by atoms with Gasteiger partial charge in [-0.3, -0.25) is 19.3 Å². The highest BCUT2D eigenvalue weighted by molar-refractivity contribution is 7.09. The molecule has 0 unspecified atom stereocenters. The van der Waals surface area contributed by atoms with Gasteiger partial charge in [0.25, 0.3) is 11.8 Å². The van der Waals surface area contributed by atoms with Gasteiger partial charge in [0.2, 0.25) is 5.91 Å². The van der Waals surface area contributed by atoms with Crippen molar-refractivity contribution < 1.29 is 23.9 Å². The number of anilines is 2. The number of nitrogens with one attached hydrogen (secondary N) is 1. The summed E-state index contributed by atoms with van der Waals surface area (Å²) >= 11 is 0.736. The SMILES string of the molecule is COc1ccc([C@@H](C(=O)NCc2ccccc2)N(C(=O)c2snc(C(N)=O)c2N)c2cccc(OC)c2)cc1. The minimum absolute atomic E-state index is 0.0269. The number of methoxy groups -OCH3 is 2. The van der Waals surface area contributed by atoms with Gasteiger partial charge in [0.05, 0.1) is 19.9 Å². The van der Waals surface area contributed by atoms with Crippen molar-refractivity contribution in [1.82, 2.24) is 9.69 Å². The summed E-state index contributed by atoms with van der Waals surface area (Å²) in [5.41, 5.74) is 12.9. The number of carbonyl (C=O) groups is 3. The summed E-state index contributed by atoms with van der Waals surface area (Å²) in [5, 5.41) is 2.94. The first-order chi connectivity index (χ1) is 18.8. The van der Waals surface area contributed by atoms with E-state index in [1.165, 1.54) is 19.1 Å². The average molecular weight is 546 g/mol. The molecule has 0 aliphatic rings. The van der Waals surface area contributed by atoms with Crippen LogP contribution in [0.4, 0.5) is 11.4 Å². The lowest BCUT2D eigenvalue weighted by Crippen LogP contribution is -2.44. The largest absolute Gasteiger partial charge is 0.497 e. The van der Waals surface area contributed by atoms with Crippen molar-refractivity contribution in [3.63, 3.8) is 0 Å². The fraction of sp³-hybridized carbons (Fsp3) is 0.143. The van der Waals surface area contributed by atoms with Crippen molar-refractivity contribution in [2.75, 3.05) is 24.9 Å². The number of ether oxygens (including phenoxy) is 2. The zero-order chi connectivity index (χ0) is 27.9. The molecule has 4 aromatic rings. The van der Waals surface area contributed by atoms with E-state index in [9.17, 15) is 14.4 Å². The van der Waals surface area contributed by atoms with E-state index in [2.05, 4.69) is 9.69 Å². The Morgan fingerprint density at radius 3 is 2.26 bits per heavy atom. The zero-order valence-corrected chi connectivity index (χ0v) is 22.1. The van der Waals surface area contributed by atoms with E-state index in [1.807, 2.05) is 30.3 Å². The van der Waals surface area contributed by atoms with Gasteiger partial charge in [-0.25, -0.2) is 0 Å². The van der Waals surface area contributed by atoms with Crippen LogP contribution in [0.5, 0.6) is 11.5 Å². The standard InChI is InChI=1S/C28H27N5O5S/c1-37-20-13-11-18(12-14-20)24(27(35)31-16-17-7-4-3-5-8-17)33(19-9-6-10-21(15-19)38-2)28(36)25-22(29)23(26(30)34)32-39-25/h3-15,24H,16,29H2,1-2H3,(H2,30,34)(H,31,35)/t24-/m0/s1. The van der Waals surface area contributed by atoms with Crippen LogP contribution in [-0.4, -0.2) is 36.3 Å². The Balaban J connectivity index is 1.85. The molecule has 10 nitrogen and oxygen atoms in total. The fourth-order valence-corrected chi connectivity index (χ4v) is 4.71. The lowest BCUT2D eigenvalue weighted by molar-refractivity contribution is -0.122. The molecule has 5 N–H and O–H groups in total. The van der Waals surface area contributed by atoms with E-state index in [0.29, 0.717) is 22.7 Å². The minimum atomic E-state index is -1.14. The molecule has 4 rings (SSSR count). The topological polar surface area (TPSA) is 150 Å². The number of hydrogen-bond donors (Lipinski definition) is 3. The van der Waals surface area contributed by atoms with E-state index < -0.39 is 23.8 Å². The molecule has 11 heteroatoms. The average Bonchev–Trinajstić information content (AvgIpc) is 3.36. The van der Waals surface area contributed by atoms with Crippen molar-refractivity contribution in [3.8, 4) is 11.5 Å². The second-order valence-corrected chi connectivity index (χ2v) is 9.17. The predicted molar refractivity (Wildman–Crippen MR) is 149 cm³/mol. The molecule has 3 aromatic carbocycles. The number of nitrogens with two attached hydrogens (primary N) is 2. The first-order valence-corrected chi connectivity index (χ1v) is 12.6. The van der Waals surface area contributed by atoms with Crippen molar-refractivity contribution in [2.45, 2.75) is 12.6 Å². The molecule has 1 heterocycles. The summed E-state index contributed by atoms with van der Waals surface area (Å²) in [6, 6.07) is 21.8. The van der Waals surface area contributed by atoms with Gasteiger partial charge < -0.3 is 26.3 Å². The Morgan fingerprint density at radius 1 is 0.949 bits per heavy atom. The summed E-state index contributed by atoms with van der Waals surface area (Å²) in [5.74, 6) is -0.888. The summed E-state index contributed by atoms with van der Waals surface area (Å²) in [6.07, 6.45) is 0. The summed E-state index contributed by atoms with van der Waals surface area (Å²) in [6.45, 7) is 0.237. The van der Waals surface area contributed by atoms with Gasteiger partial charge in [-0.1, -0.05) is 48.5 Å². The Hall–Kier alpha value is -4.90. The monoisotopic (exact) mass is 545 g/mol. The van der Waals surface area contributed by atoms with Crippen LogP contribution in [0, 0.1) is 0 Å². The number of hydrogen-bond acceptors (Lipinski definition) is 8. The number of amides is 3. The van der Waals surface area contributed by atoms with Crippen LogP contribution in [-0.2, 0) is 11.3 Å². The van der Waals surface area contributed by atoms with Crippen LogP contribution in [0.1, 0.15) is 37.3 Å². The Morgan fingerprint density at radius 2 is 1.64 bits per heavy atom. The van der Waals surface area contributed by atoms with E-state index in [0.717, 1.165) is 17.1 Å². The first kappa shape index (κ1) is 27.1. The lowest BCUT2D eigenvalue weighted by Gasteiger charge is -2.31. The van der Waals surface area contributed by atoms with Crippen molar-refractivity contribution in [1.29, 1.82) is 0 Å². The number of primary amides is 1. The second-order valence-electron chi connectivity index (χ2n) is 8.39. The number of nitrogens with zero attached hydrogens (tertiary/aromatic N) is 2. The van der Waals surface area contributed by atoms with E-state index in [1.54, 1.807) is 48.5 Å². The quantitative estimate of drug-likeness (QED) is 0.276. The van der Waals surface area contributed by atoms with Crippen LogP contribution >= 0.6 is 11.5 Å². The number of benzene rings is 3. The fourth-order valence-electron chi connectivity index (χ4n) is 3.97. The highest BCUT2D eigenvalue weighted by Crippen LogP contribution is 2.35. The normalized spacial score (nSPS) is 11.3. The van der Waals surface area contributed by atoms with Gasteiger partial charge in [0, 0.05) is 18.3 Å². The molecule has 39 heavy (non-hydrogen) atoms. The highest BCUT2D eigenvalue weighted by Gasteiger charge is 2.36. The Labute approximate surface area is 229 Å². The van der Waals surface area contributed by atoms with E-state index in [4.69, 9.17) is 20.9 Å². The molecule has 1 aromatic heterocycles. The summed E-state index contributed by atoms with van der Waals surface area (Å²) < 4.78 is 14.6. The molecule has 0 bridgehead atoms. The number of rotatable bonds is 10. The summed E-state index contributed by atoms with van der Waals surface area (Å²) in [4.78, 5) is 41.1. The van der Waals surface area contributed by atoms with Gasteiger partial charge in [0.15, 0.2) is 5.69 Å². The summed E-state index contributed by atoms with van der Waals surface area (Å²) in [7, 11) is 3.03. The second kappa shape index (κ2) is 12.1. The van der Waals surface area contributed by atoms with Crippen LogP contribution < -0.4 is 31.2 Å². The molecule has 0 fully saturated rings. The third-order valence-corrected chi connectivity index (χ3v) is 6.80. The predicted octanol–water partition coefficient (Wildman–Crippen LogP) is 3.55. The van der Waals surface area contributed by atoms with Crippen LogP contribution in [0.3, 0.4) is 0 Å². The number of carbonyl (C=O) groups excluding carboxylic acids is 3. The number of nitrogen functional groups attached to an aromatic ring is 1. The molecular formula is C28H27N5O5S. The molecule has 0 saturated heterocycles. The lowest BCUT2D eigenvalue weighted by atomic mass is 10.0. The Kier molecular flexibility index (Phi) is 8.42. The molecular weight excluding hydrogens is 518 g/mol. The van der Waals surface area contributed by atoms with Crippen molar-refractivity contribution in [2.24, 2.45) is 5.73 Å². The first-order valence-electron chi connectivity index (χ1n) is 11.8. The Bertz CT molecular complexity index is 1470. The smallest absolute Gasteiger partial charge is 0.273 e. The maximum Gasteiger partial charge on any atom is 0.273 e. The third-order valence-electron chi connectivity index (χ3n) is 5.95. The van der Waals surface area contributed by atoms with Gasteiger partial charge >= 0.3 is 0 Å². The molecule has 3 amide bonds. The zero-order valence-electron chi connectivity index (χ0n) is 21.3. The third kappa shape index (κ3) is 5.99. The van der Waals surface area contributed by atoms with Gasteiger partial charge in [-0.2, -0.15) is 4.37 Å². The van der Waals surface area contributed by atoms with E-state index >= 15 is 0 Å². The molecule has 0 radical (unpaired) electrons. The molecule has 0 saturated carbocycles. The van der Waals surface area contributed by atoms with Crippen LogP contribution in [0.2, 0.25) is 0 Å². The molecule has 200 valence electrons. The van der Waals surface area contributed by atoms with Crippen LogP contribution in [0.15, 0.2) is 78.9 Å². The minimum Gasteiger partial charge on any atom is -0.497 e.